The van der Waals surface area contributed by atoms with E-state index in [4.69, 9.17) is 0 Å². The lowest BCUT2D eigenvalue weighted by Crippen LogP contribution is -2.44. The summed E-state index contributed by atoms with van der Waals surface area (Å²) >= 11 is 0. The van der Waals surface area contributed by atoms with Crippen LogP contribution in [0.2, 0.25) is 0 Å². The van der Waals surface area contributed by atoms with Gasteiger partial charge in [0.15, 0.2) is 0 Å². The third kappa shape index (κ3) is 3.18. The minimum absolute atomic E-state index is 0.0139. The number of aliphatic hydroxyl groups is 1. The first-order chi connectivity index (χ1) is 12.7. The standard InChI is InChI=1S/C21H22F2N2O2/c1-13-7-8-24(20(13)26)11-21(2,27)12-25-18-5-3-14(22)9-16(18)17-10-15(23)4-6-19(17)25/h3-6,9-10,13,27H,7-8,11-12H2,1-2H3. The zero-order valence-electron chi connectivity index (χ0n) is 15.4. The molecule has 142 valence electrons. The molecule has 27 heavy (non-hydrogen) atoms. The second-order valence-corrected chi connectivity index (χ2v) is 7.86. The van der Waals surface area contributed by atoms with E-state index in [-0.39, 0.29) is 24.9 Å². The van der Waals surface area contributed by atoms with Crippen molar-refractivity contribution in [1.29, 1.82) is 0 Å². The van der Waals surface area contributed by atoms with Gasteiger partial charge in [-0.05, 0) is 49.7 Å². The molecule has 1 fully saturated rings. The number of carbonyl (C=O) groups is 1. The molecule has 2 unspecified atom stereocenters. The van der Waals surface area contributed by atoms with Gasteiger partial charge in [0, 0.05) is 34.3 Å². The van der Waals surface area contributed by atoms with Crippen LogP contribution in [0.1, 0.15) is 20.3 Å². The number of rotatable bonds is 4. The van der Waals surface area contributed by atoms with Gasteiger partial charge < -0.3 is 14.6 Å². The van der Waals surface area contributed by atoms with Crippen molar-refractivity contribution < 1.29 is 18.7 Å². The van der Waals surface area contributed by atoms with E-state index >= 15 is 0 Å². The Morgan fingerprint density at radius 2 is 1.63 bits per heavy atom. The van der Waals surface area contributed by atoms with Crippen molar-refractivity contribution in [3.05, 3.63) is 48.0 Å². The summed E-state index contributed by atoms with van der Waals surface area (Å²) in [5, 5.41) is 12.2. The molecule has 1 saturated heterocycles. The average Bonchev–Trinajstić information content (AvgIpc) is 3.06. The number of amides is 1. The maximum absolute atomic E-state index is 13.8. The molecule has 3 aromatic rings. The van der Waals surface area contributed by atoms with E-state index in [0.29, 0.717) is 17.3 Å². The highest BCUT2D eigenvalue weighted by Crippen LogP contribution is 2.32. The number of hydrogen-bond acceptors (Lipinski definition) is 2. The molecule has 4 nitrogen and oxygen atoms in total. The van der Waals surface area contributed by atoms with Gasteiger partial charge in [0.25, 0.3) is 0 Å². The monoisotopic (exact) mass is 372 g/mol. The number of β-amino-alcohol motifs (C(OH)–C–C–N with tert-alkyl or cyclic N) is 1. The molecular weight excluding hydrogens is 350 g/mol. The molecule has 6 heteroatoms. The van der Waals surface area contributed by atoms with Crippen LogP contribution < -0.4 is 0 Å². The van der Waals surface area contributed by atoms with Crippen LogP contribution in [0.3, 0.4) is 0 Å². The van der Waals surface area contributed by atoms with Gasteiger partial charge in [-0.25, -0.2) is 8.78 Å². The molecule has 0 spiro atoms. The van der Waals surface area contributed by atoms with Gasteiger partial charge >= 0.3 is 0 Å². The van der Waals surface area contributed by atoms with Crippen LogP contribution in [0.4, 0.5) is 8.78 Å². The predicted molar refractivity (Wildman–Crippen MR) is 100 cm³/mol. The first kappa shape index (κ1) is 17.9. The molecule has 2 atom stereocenters. The minimum atomic E-state index is -1.18. The molecule has 2 aromatic carbocycles. The Balaban J connectivity index is 1.75. The SMILES string of the molecule is CC1CCN(CC(C)(O)Cn2c3ccc(F)cc3c3cc(F)ccc32)C1=O. The van der Waals surface area contributed by atoms with Crippen molar-refractivity contribution >= 4 is 27.7 Å². The van der Waals surface area contributed by atoms with Gasteiger partial charge in [-0.15, -0.1) is 0 Å². The molecule has 1 aromatic heterocycles. The van der Waals surface area contributed by atoms with Gasteiger partial charge in [-0.1, -0.05) is 6.92 Å². The van der Waals surface area contributed by atoms with E-state index in [1.165, 1.54) is 24.3 Å². The summed E-state index contributed by atoms with van der Waals surface area (Å²) in [6.07, 6.45) is 0.794. The summed E-state index contributed by atoms with van der Waals surface area (Å²) in [7, 11) is 0. The van der Waals surface area contributed by atoms with E-state index in [9.17, 15) is 18.7 Å². The fourth-order valence-corrected chi connectivity index (χ4v) is 4.07. The Labute approximate surface area is 156 Å². The van der Waals surface area contributed by atoms with Crippen molar-refractivity contribution in [2.75, 3.05) is 13.1 Å². The topological polar surface area (TPSA) is 45.5 Å². The second-order valence-electron chi connectivity index (χ2n) is 7.86. The van der Waals surface area contributed by atoms with Crippen LogP contribution in [0.5, 0.6) is 0 Å². The summed E-state index contributed by atoms with van der Waals surface area (Å²) in [6, 6.07) is 8.76. The van der Waals surface area contributed by atoms with Gasteiger partial charge in [0.2, 0.25) is 5.91 Å². The highest BCUT2D eigenvalue weighted by Gasteiger charge is 2.34. The summed E-state index contributed by atoms with van der Waals surface area (Å²) in [5.74, 6) is -0.745. The Hall–Kier alpha value is -2.47. The largest absolute Gasteiger partial charge is 0.386 e. The molecule has 0 aliphatic carbocycles. The molecule has 1 N–H and O–H groups in total. The number of hydrogen-bond donors (Lipinski definition) is 1. The Morgan fingerprint density at radius 1 is 1.07 bits per heavy atom. The van der Waals surface area contributed by atoms with Crippen molar-refractivity contribution in [2.45, 2.75) is 32.4 Å². The molecule has 1 aliphatic rings. The van der Waals surface area contributed by atoms with Crippen LogP contribution in [-0.2, 0) is 11.3 Å². The number of benzene rings is 2. The van der Waals surface area contributed by atoms with Crippen molar-refractivity contribution in [1.82, 2.24) is 9.47 Å². The van der Waals surface area contributed by atoms with E-state index < -0.39 is 17.2 Å². The number of aromatic nitrogens is 1. The predicted octanol–water partition coefficient (Wildman–Crippen LogP) is 3.69. The lowest BCUT2D eigenvalue weighted by molar-refractivity contribution is -0.133. The van der Waals surface area contributed by atoms with Crippen LogP contribution in [0, 0.1) is 17.6 Å². The van der Waals surface area contributed by atoms with Gasteiger partial charge in [-0.2, -0.15) is 0 Å². The number of halogens is 2. The summed E-state index contributed by atoms with van der Waals surface area (Å²) in [4.78, 5) is 13.9. The molecular formula is C21H22F2N2O2. The van der Waals surface area contributed by atoms with Crippen LogP contribution in [0.15, 0.2) is 36.4 Å². The molecule has 1 aliphatic heterocycles. The summed E-state index contributed by atoms with van der Waals surface area (Å²) in [5.41, 5.74) is 0.262. The molecule has 1 amide bonds. The number of likely N-dealkylation sites (tertiary alicyclic amines) is 1. The highest BCUT2D eigenvalue weighted by atomic mass is 19.1. The van der Waals surface area contributed by atoms with E-state index in [2.05, 4.69) is 0 Å². The van der Waals surface area contributed by atoms with Crippen LogP contribution >= 0.6 is 0 Å². The highest BCUT2D eigenvalue weighted by molar-refractivity contribution is 6.08. The van der Waals surface area contributed by atoms with E-state index in [0.717, 1.165) is 17.5 Å². The zero-order chi connectivity index (χ0) is 19.3. The molecule has 0 radical (unpaired) electrons. The van der Waals surface area contributed by atoms with Gasteiger partial charge in [0.1, 0.15) is 11.6 Å². The summed E-state index contributed by atoms with van der Waals surface area (Å²) in [6.45, 7) is 4.66. The summed E-state index contributed by atoms with van der Waals surface area (Å²) < 4.78 is 29.4. The average molecular weight is 372 g/mol. The van der Waals surface area contributed by atoms with Crippen LogP contribution in [-0.4, -0.2) is 39.2 Å². The van der Waals surface area contributed by atoms with E-state index in [1.54, 1.807) is 24.0 Å². The lowest BCUT2D eigenvalue weighted by atomic mass is 10.1. The third-order valence-corrected chi connectivity index (χ3v) is 5.38. The second kappa shape index (κ2) is 6.30. The van der Waals surface area contributed by atoms with Crippen LogP contribution in [0.25, 0.3) is 21.8 Å². The fraction of sp³-hybridized carbons (Fsp3) is 0.381. The quantitative estimate of drug-likeness (QED) is 0.759. The molecule has 2 heterocycles. The normalized spacial score (nSPS) is 20.0. The maximum atomic E-state index is 13.8. The number of fused-ring (bicyclic) bond motifs is 3. The molecule has 4 rings (SSSR count). The molecule has 0 bridgehead atoms. The lowest BCUT2D eigenvalue weighted by Gasteiger charge is -2.30. The number of nitrogens with zero attached hydrogens (tertiary/aromatic N) is 2. The third-order valence-electron chi connectivity index (χ3n) is 5.38. The Morgan fingerprint density at radius 3 is 2.11 bits per heavy atom. The smallest absolute Gasteiger partial charge is 0.225 e. The van der Waals surface area contributed by atoms with Crippen molar-refractivity contribution in [3.63, 3.8) is 0 Å². The van der Waals surface area contributed by atoms with Crippen molar-refractivity contribution in [3.8, 4) is 0 Å². The van der Waals surface area contributed by atoms with Gasteiger partial charge in [-0.3, -0.25) is 4.79 Å². The Kier molecular flexibility index (Phi) is 4.18. The van der Waals surface area contributed by atoms with Gasteiger partial charge in [0.05, 0.1) is 18.7 Å². The zero-order valence-corrected chi connectivity index (χ0v) is 15.4. The molecule has 0 saturated carbocycles. The van der Waals surface area contributed by atoms with Crippen molar-refractivity contribution in [2.24, 2.45) is 5.92 Å². The van der Waals surface area contributed by atoms with E-state index in [1.807, 2.05) is 11.5 Å². The fourth-order valence-electron chi connectivity index (χ4n) is 4.07. The first-order valence-corrected chi connectivity index (χ1v) is 9.13. The minimum Gasteiger partial charge on any atom is -0.386 e. The first-order valence-electron chi connectivity index (χ1n) is 9.13. The maximum Gasteiger partial charge on any atom is 0.225 e. The Bertz CT molecular complexity index is 982. The number of carbonyl (C=O) groups excluding carboxylic acids is 1.